The van der Waals surface area contributed by atoms with E-state index in [0.29, 0.717) is 5.82 Å². The van der Waals surface area contributed by atoms with Crippen molar-refractivity contribution in [3.05, 3.63) is 216 Å². The minimum absolute atomic E-state index is 0.558. The summed E-state index contributed by atoms with van der Waals surface area (Å²) in [5.41, 5.74) is 16.0. The lowest BCUT2D eigenvalue weighted by Gasteiger charge is -2.39. The highest BCUT2D eigenvalue weighted by molar-refractivity contribution is 7.99. The van der Waals surface area contributed by atoms with Crippen LogP contribution in [0.3, 0.4) is 0 Å². The summed E-state index contributed by atoms with van der Waals surface area (Å²) in [6, 6.07) is 69.5. The number of hydrogen-bond donors (Lipinski definition) is 0. The molecule has 0 unspecified atom stereocenters. The summed E-state index contributed by atoms with van der Waals surface area (Å²) < 4.78 is 6.52. The van der Waals surface area contributed by atoms with Gasteiger partial charge in [-0.15, -0.1) is 0 Å². The van der Waals surface area contributed by atoms with Gasteiger partial charge in [-0.05, 0) is 80.9 Å². The monoisotopic (exact) mass is 744 g/mol. The molecule has 0 fully saturated rings. The van der Waals surface area contributed by atoms with Gasteiger partial charge in [0.25, 0.3) is 0 Å². The first-order valence-electron chi connectivity index (χ1n) is 19.3. The van der Waals surface area contributed by atoms with Gasteiger partial charge in [0, 0.05) is 37.3 Å². The maximum atomic E-state index is 6.52. The zero-order chi connectivity index (χ0) is 37.5. The first kappa shape index (κ1) is 32.3. The Morgan fingerprint density at radius 3 is 1.72 bits per heavy atom. The molecule has 3 heterocycles. The van der Waals surface area contributed by atoms with Gasteiger partial charge in [-0.2, -0.15) is 0 Å². The van der Waals surface area contributed by atoms with Crippen LogP contribution in [0.4, 0.5) is 0 Å². The number of fused-ring (bicyclic) bond motifs is 13. The average Bonchev–Trinajstić information content (AvgIpc) is 3.80. The second kappa shape index (κ2) is 12.5. The topological polar surface area (TPSA) is 38.9 Å². The third kappa shape index (κ3) is 4.81. The molecule has 0 atom stereocenters. The van der Waals surface area contributed by atoms with Crippen LogP contribution in [0.1, 0.15) is 22.3 Å². The highest BCUT2D eigenvalue weighted by atomic mass is 32.2. The maximum absolute atomic E-state index is 6.52. The van der Waals surface area contributed by atoms with E-state index in [0.717, 1.165) is 50.0 Å². The number of hydrogen-bond acceptors (Lipinski definition) is 4. The Labute approximate surface area is 334 Å². The molecule has 0 bridgehead atoms. The van der Waals surface area contributed by atoms with Gasteiger partial charge >= 0.3 is 0 Å². The molecule has 1 aliphatic carbocycles. The molecule has 1 spiro atoms. The zero-order valence-electron chi connectivity index (χ0n) is 30.7. The van der Waals surface area contributed by atoms with Crippen LogP contribution in [0.25, 0.3) is 78.1 Å². The van der Waals surface area contributed by atoms with Gasteiger partial charge in [-0.3, -0.25) is 0 Å². The van der Waals surface area contributed by atoms with E-state index in [1.165, 1.54) is 54.3 Å². The number of nitrogens with zero attached hydrogens (tertiary/aromatic N) is 2. The number of benzene rings is 8. The Morgan fingerprint density at radius 1 is 0.404 bits per heavy atom. The fraction of sp³-hybridized carbons (Fsp3) is 0.0189. The van der Waals surface area contributed by atoms with Gasteiger partial charge in [0.15, 0.2) is 5.82 Å². The predicted molar refractivity (Wildman–Crippen MR) is 232 cm³/mol. The summed E-state index contributed by atoms with van der Waals surface area (Å²) in [4.78, 5) is 13.0. The zero-order valence-corrected chi connectivity index (χ0v) is 31.5. The quantitative estimate of drug-likeness (QED) is 0.180. The summed E-state index contributed by atoms with van der Waals surface area (Å²) in [6.45, 7) is 0. The van der Waals surface area contributed by atoms with Crippen molar-refractivity contribution in [2.75, 3.05) is 0 Å². The lowest BCUT2D eigenvalue weighted by molar-refractivity contribution is 0.668. The fourth-order valence-electron chi connectivity index (χ4n) is 9.28. The standard InChI is InChI=1S/C53H32N2OS/c1-3-13-33(14-4-1)34-23-25-35(26-24-34)44-32-45(55-52(54-44)36-15-5-2-6-16-36)37-27-28-38-43(31-37)53(40-18-8-11-21-48(40)57-49-22-12-9-19-41(49)53)42-29-30-47-51(50(38)42)39-17-7-10-20-46(39)56-47/h1-32H. The molecule has 1 aliphatic heterocycles. The Morgan fingerprint density at radius 2 is 0.982 bits per heavy atom. The molecule has 57 heavy (non-hydrogen) atoms. The first-order chi connectivity index (χ1) is 28.2. The summed E-state index contributed by atoms with van der Waals surface area (Å²) in [5.74, 6) is 0.699. The van der Waals surface area contributed by atoms with Crippen molar-refractivity contribution >= 4 is 33.7 Å². The number of rotatable bonds is 4. The van der Waals surface area contributed by atoms with E-state index in [1.54, 1.807) is 0 Å². The minimum Gasteiger partial charge on any atom is -0.456 e. The van der Waals surface area contributed by atoms with E-state index in [1.807, 2.05) is 30.0 Å². The molecule has 2 aromatic heterocycles. The molecule has 266 valence electrons. The molecule has 0 amide bonds. The van der Waals surface area contributed by atoms with E-state index >= 15 is 0 Å². The van der Waals surface area contributed by atoms with Gasteiger partial charge in [0.1, 0.15) is 11.2 Å². The van der Waals surface area contributed by atoms with Crippen molar-refractivity contribution in [1.29, 1.82) is 0 Å². The van der Waals surface area contributed by atoms with Crippen LogP contribution in [0.2, 0.25) is 0 Å². The van der Waals surface area contributed by atoms with Crippen LogP contribution in [0.15, 0.2) is 208 Å². The highest BCUT2D eigenvalue weighted by Gasteiger charge is 2.51. The molecular formula is C53H32N2OS. The highest BCUT2D eigenvalue weighted by Crippen LogP contribution is 2.64. The number of aromatic nitrogens is 2. The van der Waals surface area contributed by atoms with Gasteiger partial charge in [-0.25, -0.2) is 9.97 Å². The second-order valence-corrected chi connectivity index (χ2v) is 15.9. The Hall–Kier alpha value is -7.01. The smallest absolute Gasteiger partial charge is 0.160 e. The average molecular weight is 745 g/mol. The van der Waals surface area contributed by atoms with Crippen LogP contribution in [0, 0.1) is 0 Å². The Kier molecular flexibility index (Phi) is 7.08. The van der Waals surface area contributed by atoms with Crippen molar-refractivity contribution in [3.63, 3.8) is 0 Å². The van der Waals surface area contributed by atoms with Crippen LogP contribution in [-0.4, -0.2) is 9.97 Å². The predicted octanol–water partition coefficient (Wildman–Crippen LogP) is 13.9. The molecule has 8 aromatic carbocycles. The molecule has 0 radical (unpaired) electrons. The van der Waals surface area contributed by atoms with Crippen molar-refractivity contribution in [1.82, 2.24) is 9.97 Å². The molecule has 0 saturated carbocycles. The van der Waals surface area contributed by atoms with E-state index in [4.69, 9.17) is 14.4 Å². The van der Waals surface area contributed by atoms with Gasteiger partial charge in [0.2, 0.25) is 0 Å². The molecule has 10 aromatic rings. The minimum atomic E-state index is -0.558. The van der Waals surface area contributed by atoms with Gasteiger partial charge in [0.05, 0.1) is 16.8 Å². The molecule has 2 aliphatic rings. The van der Waals surface area contributed by atoms with Crippen molar-refractivity contribution in [2.45, 2.75) is 15.2 Å². The number of furan rings is 1. The summed E-state index contributed by atoms with van der Waals surface area (Å²) in [5, 5.41) is 2.30. The number of para-hydroxylation sites is 1. The van der Waals surface area contributed by atoms with Crippen LogP contribution >= 0.6 is 11.8 Å². The van der Waals surface area contributed by atoms with E-state index in [9.17, 15) is 0 Å². The van der Waals surface area contributed by atoms with Crippen LogP contribution in [0.5, 0.6) is 0 Å². The van der Waals surface area contributed by atoms with Crippen LogP contribution in [-0.2, 0) is 5.41 Å². The van der Waals surface area contributed by atoms with E-state index in [-0.39, 0.29) is 0 Å². The largest absolute Gasteiger partial charge is 0.456 e. The Balaban J connectivity index is 1.13. The molecular weight excluding hydrogens is 713 g/mol. The molecule has 0 N–H and O–H groups in total. The van der Waals surface area contributed by atoms with Crippen molar-refractivity contribution < 1.29 is 4.42 Å². The third-order valence-corrected chi connectivity index (χ3v) is 12.9. The normalized spacial score (nSPS) is 13.3. The molecule has 0 saturated heterocycles. The van der Waals surface area contributed by atoms with Crippen molar-refractivity contribution in [2.24, 2.45) is 0 Å². The second-order valence-electron chi connectivity index (χ2n) is 14.8. The summed E-state index contributed by atoms with van der Waals surface area (Å²) >= 11 is 1.86. The van der Waals surface area contributed by atoms with Gasteiger partial charge in [-0.1, -0.05) is 169 Å². The van der Waals surface area contributed by atoms with E-state index in [2.05, 4.69) is 176 Å². The maximum Gasteiger partial charge on any atom is 0.160 e. The fourth-order valence-corrected chi connectivity index (χ4v) is 10.5. The molecule has 3 nitrogen and oxygen atoms in total. The summed E-state index contributed by atoms with van der Waals surface area (Å²) in [6.07, 6.45) is 0. The third-order valence-electron chi connectivity index (χ3n) is 11.8. The summed E-state index contributed by atoms with van der Waals surface area (Å²) in [7, 11) is 0. The lowest BCUT2D eigenvalue weighted by atomic mass is 9.67. The SMILES string of the molecule is c1ccc(-c2ccc(-c3cc(-c4ccc5c(c4)C4(c6ccccc6Sc6ccccc64)c4ccc6oc7ccccc7c6c4-5)nc(-c4ccccc4)n3)cc2)cc1. The Bertz CT molecular complexity index is 3160. The van der Waals surface area contributed by atoms with Crippen LogP contribution < -0.4 is 0 Å². The van der Waals surface area contributed by atoms with Gasteiger partial charge < -0.3 is 4.42 Å². The van der Waals surface area contributed by atoms with E-state index < -0.39 is 5.41 Å². The molecule has 12 rings (SSSR count). The molecule has 4 heteroatoms. The van der Waals surface area contributed by atoms with Crippen molar-refractivity contribution in [3.8, 4) is 56.2 Å². The first-order valence-corrected chi connectivity index (χ1v) is 20.1. The lowest BCUT2D eigenvalue weighted by Crippen LogP contribution is -2.32.